The summed E-state index contributed by atoms with van der Waals surface area (Å²) in [5.74, 6) is 1.27. The van der Waals surface area contributed by atoms with Gasteiger partial charge in [-0.3, -0.25) is 0 Å². The molecular formula is C12H18O2. The van der Waals surface area contributed by atoms with Crippen LogP contribution in [0.5, 0.6) is 11.5 Å². The molecular weight excluding hydrogens is 176 g/mol. The number of ether oxygens (including phenoxy) is 1. The molecule has 1 N–H and O–H groups in total. The number of hydrogen-bond acceptors (Lipinski definition) is 2. The Kier molecular flexibility index (Phi) is 3.39. The van der Waals surface area contributed by atoms with E-state index in [4.69, 9.17) is 4.74 Å². The summed E-state index contributed by atoms with van der Waals surface area (Å²) >= 11 is 0. The second-order valence-corrected chi connectivity index (χ2v) is 3.64. The molecule has 2 heteroatoms. The zero-order chi connectivity index (χ0) is 10.7. The van der Waals surface area contributed by atoms with Crippen molar-refractivity contribution < 1.29 is 9.84 Å². The first-order valence-corrected chi connectivity index (χ1v) is 5.00. The highest BCUT2D eigenvalue weighted by Gasteiger charge is 2.09. The summed E-state index contributed by atoms with van der Waals surface area (Å²) in [7, 11) is 0. The highest BCUT2D eigenvalue weighted by molar-refractivity contribution is 5.51. The van der Waals surface area contributed by atoms with E-state index in [0.29, 0.717) is 5.75 Å². The number of rotatable bonds is 3. The number of benzene rings is 1. The van der Waals surface area contributed by atoms with Crippen molar-refractivity contribution in [2.24, 2.45) is 0 Å². The molecule has 0 atom stereocenters. The third kappa shape index (κ3) is 2.00. The van der Waals surface area contributed by atoms with E-state index < -0.39 is 0 Å². The van der Waals surface area contributed by atoms with Crippen molar-refractivity contribution in [3.05, 3.63) is 22.8 Å². The summed E-state index contributed by atoms with van der Waals surface area (Å²) in [5.41, 5.74) is 2.82. The molecule has 0 saturated heterocycles. The van der Waals surface area contributed by atoms with Crippen LogP contribution in [-0.2, 0) is 0 Å². The van der Waals surface area contributed by atoms with Gasteiger partial charge in [-0.1, -0.05) is 6.92 Å². The summed E-state index contributed by atoms with van der Waals surface area (Å²) in [6.07, 6.45) is 0.998. The predicted molar refractivity (Wildman–Crippen MR) is 58.1 cm³/mol. The van der Waals surface area contributed by atoms with E-state index >= 15 is 0 Å². The van der Waals surface area contributed by atoms with Crippen LogP contribution in [0.2, 0.25) is 0 Å². The van der Waals surface area contributed by atoms with Crippen molar-refractivity contribution in [3.63, 3.8) is 0 Å². The van der Waals surface area contributed by atoms with Crippen molar-refractivity contribution in [1.29, 1.82) is 0 Å². The number of phenols is 1. The van der Waals surface area contributed by atoms with Crippen LogP contribution in [0.25, 0.3) is 0 Å². The molecule has 14 heavy (non-hydrogen) atoms. The molecule has 0 aliphatic rings. The van der Waals surface area contributed by atoms with Crippen molar-refractivity contribution >= 4 is 0 Å². The van der Waals surface area contributed by atoms with Crippen LogP contribution < -0.4 is 4.74 Å². The fourth-order valence-corrected chi connectivity index (χ4v) is 1.39. The zero-order valence-corrected chi connectivity index (χ0v) is 9.35. The summed E-state index contributed by atoms with van der Waals surface area (Å²) in [6, 6.07) is 1.90. The normalized spacial score (nSPS) is 10.3. The lowest BCUT2D eigenvalue weighted by Crippen LogP contribution is -1.99. The highest BCUT2D eigenvalue weighted by atomic mass is 16.5. The minimum Gasteiger partial charge on any atom is -0.507 e. The van der Waals surface area contributed by atoms with Crippen molar-refractivity contribution in [2.75, 3.05) is 6.61 Å². The van der Waals surface area contributed by atoms with Crippen molar-refractivity contribution in [1.82, 2.24) is 0 Å². The quantitative estimate of drug-likeness (QED) is 0.801. The SMILES string of the molecule is CCCOc1cc(C)c(O)c(C)c1C. The average Bonchev–Trinajstić information content (AvgIpc) is 2.18. The molecule has 0 aliphatic carbocycles. The molecule has 0 aliphatic heterocycles. The van der Waals surface area contributed by atoms with Gasteiger partial charge in [0.15, 0.2) is 0 Å². The molecule has 0 amide bonds. The average molecular weight is 194 g/mol. The fraction of sp³-hybridized carbons (Fsp3) is 0.500. The van der Waals surface area contributed by atoms with Gasteiger partial charge in [0.25, 0.3) is 0 Å². The molecule has 1 rings (SSSR count). The fourth-order valence-electron chi connectivity index (χ4n) is 1.39. The molecule has 0 aromatic heterocycles. The minimum atomic E-state index is 0.381. The topological polar surface area (TPSA) is 29.5 Å². The first-order valence-electron chi connectivity index (χ1n) is 5.00. The Morgan fingerprint density at radius 1 is 1.21 bits per heavy atom. The van der Waals surface area contributed by atoms with Gasteiger partial charge >= 0.3 is 0 Å². The minimum absolute atomic E-state index is 0.381. The van der Waals surface area contributed by atoms with Gasteiger partial charge in [0.05, 0.1) is 6.61 Å². The molecule has 0 spiro atoms. The molecule has 0 unspecified atom stereocenters. The first-order chi connectivity index (χ1) is 6.57. The van der Waals surface area contributed by atoms with E-state index in [0.717, 1.165) is 35.5 Å². The molecule has 0 heterocycles. The molecule has 78 valence electrons. The van der Waals surface area contributed by atoms with Crippen molar-refractivity contribution in [3.8, 4) is 11.5 Å². The Bertz CT molecular complexity index is 330. The number of aromatic hydroxyl groups is 1. The van der Waals surface area contributed by atoms with Crippen LogP contribution in [0.3, 0.4) is 0 Å². The molecule has 1 aromatic carbocycles. The Hall–Kier alpha value is -1.18. The Balaban J connectivity index is 3.06. The molecule has 0 radical (unpaired) electrons. The summed E-state index contributed by atoms with van der Waals surface area (Å²) in [4.78, 5) is 0. The lowest BCUT2D eigenvalue weighted by molar-refractivity contribution is 0.314. The predicted octanol–water partition coefficient (Wildman–Crippen LogP) is 3.11. The van der Waals surface area contributed by atoms with Crippen LogP contribution >= 0.6 is 0 Å². The maximum atomic E-state index is 9.68. The van der Waals surface area contributed by atoms with Gasteiger partial charge in [-0.25, -0.2) is 0 Å². The van der Waals surface area contributed by atoms with Gasteiger partial charge in [0.1, 0.15) is 11.5 Å². The highest BCUT2D eigenvalue weighted by Crippen LogP contribution is 2.31. The molecule has 0 saturated carbocycles. The van der Waals surface area contributed by atoms with E-state index in [1.165, 1.54) is 0 Å². The first kappa shape index (κ1) is 10.9. The Morgan fingerprint density at radius 2 is 1.86 bits per heavy atom. The van der Waals surface area contributed by atoms with Crippen LogP contribution in [-0.4, -0.2) is 11.7 Å². The molecule has 0 fully saturated rings. The Labute approximate surface area is 85.5 Å². The van der Waals surface area contributed by atoms with E-state index in [-0.39, 0.29) is 0 Å². The summed E-state index contributed by atoms with van der Waals surface area (Å²) in [6.45, 7) is 8.58. The van der Waals surface area contributed by atoms with Crippen molar-refractivity contribution in [2.45, 2.75) is 34.1 Å². The zero-order valence-electron chi connectivity index (χ0n) is 9.35. The van der Waals surface area contributed by atoms with Crippen LogP contribution in [0.4, 0.5) is 0 Å². The van der Waals surface area contributed by atoms with Gasteiger partial charge in [0.2, 0.25) is 0 Å². The lowest BCUT2D eigenvalue weighted by atomic mass is 10.0. The van der Waals surface area contributed by atoms with Crippen LogP contribution in [0, 0.1) is 20.8 Å². The maximum Gasteiger partial charge on any atom is 0.122 e. The molecule has 2 nitrogen and oxygen atoms in total. The van der Waals surface area contributed by atoms with Gasteiger partial charge in [0, 0.05) is 0 Å². The monoisotopic (exact) mass is 194 g/mol. The summed E-state index contributed by atoms with van der Waals surface area (Å²) < 4.78 is 5.59. The smallest absolute Gasteiger partial charge is 0.122 e. The van der Waals surface area contributed by atoms with Gasteiger partial charge in [-0.15, -0.1) is 0 Å². The second kappa shape index (κ2) is 4.36. The summed E-state index contributed by atoms with van der Waals surface area (Å²) in [5, 5.41) is 9.68. The third-order valence-corrected chi connectivity index (χ3v) is 2.47. The number of aryl methyl sites for hydroxylation is 1. The van der Waals surface area contributed by atoms with E-state index in [9.17, 15) is 5.11 Å². The van der Waals surface area contributed by atoms with Crippen LogP contribution in [0.1, 0.15) is 30.0 Å². The molecule has 0 bridgehead atoms. The number of phenolic OH excluding ortho intramolecular Hbond substituents is 1. The van der Waals surface area contributed by atoms with E-state index in [1.807, 2.05) is 26.8 Å². The lowest BCUT2D eigenvalue weighted by Gasteiger charge is -2.13. The van der Waals surface area contributed by atoms with Gasteiger partial charge in [-0.2, -0.15) is 0 Å². The number of hydrogen-bond donors (Lipinski definition) is 1. The third-order valence-electron chi connectivity index (χ3n) is 2.47. The second-order valence-electron chi connectivity index (χ2n) is 3.64. The Morgan fingerprint density at radius 3 is 2.43 bits per heavy atom. The van der Waals surface area contributed by atoms with E-state index in [2.05, 4.69) is 6.92 Å². The van der Waals surface area contributed by atoms with E-state index in [1.54, 1.807) is 0 Å². The molecule has 1 aromatic rings. The van der Waals surface area contributed by atoms with Gasteiger partial charge in [-0.05, 0) is 49.9 Å². The van der Waals surface area contributed by atoms with Crippen LogP contribution in [0.15, 0.2) is 6.07 Å². The standard InChI is InChI=1S/C12H18O2/c1-5-6-14-11-7-8(2)12(13)10(4)9(11)3/h7,13H,5-6H2,1-4H3. The maximum absolute atomic E-state index is 9.68. The van der Waals surface area contributed by atoms with Gasteiger partial charge < -0.3 is 9.84 Å². The largest absolute Gasteiger partial charge is 0.507 e.